The molecule has 2 aliphatic heterocycles. The molecule has 2 N–H and O–H groups in total. The molecule has 0 radical (unpaired) electrons. The molecule has 0 aliphatic carbocycles. The molecule has 4 nitrogen and oxygen atoms in total. The highest BCUT2D eigenvalue weighted by atomic mass is 16.7. The lowest BCUT2D eigenvalue weighted by molar-refractivity contribution is -0.212. The van der Waals surface area contributed by atoms with E-state index < -0.39 is 5.79 Å². The van der Waals surface area contributed by atoms with Gasteiger partial charge in [-0.1, -0.05) is 0 Å². The zero-order chi connectivity index (χ0) is 10.7. The van der Waals surface area contributed by atoms with Crippen molar-refractivity contribution in [2.45, 2.75) is 38.1 Å². The first-order valence-corrected chi connectivity index (χ1v) is 5.84. The second-order valence-electron chi connectivity index (χ2n) is 4.56. The van der Waals surface area contributed by atoms with Gasteiger partial charge in [0.2, 0.25) is 0 Å². The van der Waals surface area contributed by atoms with Gasteiger partial charge < -0.3 is 19.9 Å². The van der Waals surface area contributed by atoms with Gasteiger partial charge in [0.15, 0.2) is 5.79 Å². The molecule has 0 aromatic rings. The van der Waals surface area contributed by atoms with Crippen molar-refractivity contribution in [2.75, 3.05) is 26.4 Å². The maximum atomic E-state index is 5.95. The van der Waals surface area contributed by atoms with E-state index >= 15 is 0 Å². The average molecular weight is 215 g/mol. The van der Waals surface area contributed by atoms with Gasteiger partial charge in [-0.25, -0.2) is 0 Å². The first kappa shape index (κ1) is 11.3. The number of hydrogen-bond acceptors (Lipinski definition) is 4. The predicted molar refractivity (Wildman–Crippen MR) is 56.4 cm³/mol. The summed E-state index contributed by atoms with van der Waals surface area (Å²) in [6.45, 7) is 4.99. The Morgan fingerprint density at radius 1 is 1.40 bits per heavy atom. The Morgan fingerprint density at radius 2 is 2.27 bits per heavy atom. The maximum Gasteiger partial charge on any atom is 0.171 e. The smallest absolute Gasteiger partial charge is 0.171 e. The van der Waals surface area contributed by atoms with Gasteiger partial charge in [0.05, 0.1) is 19.3 Å². The second kappa shape index (κ2) is 4.78. The summed E-state index contributed by atoms with van der Waals surface area (Å²) in [4.78, 5) is 0. The normalized spacial score (nSPS) is 42.0. The molecule has 0 bridgehead atoms. The minimum Gasteiger partial charge on any atom is -0.381 e. The van der Waals surface area contributed by atoms with Crippen molar-refractivity contribution in [1.29, 1.82) is 0 Å². The predicted octanol–water partition coefficient (Wildman–Crippen LogP) is 0.893. The molecule has 2 aliphatic rings. The van der Waals surface area contributed by atoms with Gasteiger partial charge in [-0.3, -0.25) is 0 Å². The topological polar surface area (TPSA) is 53.7 Å². The Labute approximate surface area is 91.1 Å². The van der Waals surface area contributed by atoms with Crippen LogP contribution in [0.2, 0.25) is 0 Å². The van der Waals surface area contributed by atoms with Crippen molar-refractivity contribution in [3.05, 3.63) is 0 Å². The lowest BCUT2D eigenvalue weighted by Crippen LogP contribution is -2.41. The fourth-order valence-corrected chi connectivity index (χ4v) is 2.35. The third-order valence-corrected chi connectivity index (χ3v) is 3.35. The van der Waals surface area contributed by atoms with Crippen molar-refractivity contribution in [3.8, 4) is 0 Å². The van der Waals surface area contributed by atoms with Crippen molar-refractivity contribution < 1.29 is 14.2 Å². The van der Waals surface area contributed by atoms with E-state index in [1.807, 2.05) is 6.92 Å². The molecule has 0 spiro atoms. The summed E-state index contributed by atoms with van der Waals surface area (Å²) in [7, 11) is 0. The first-order chi connectivity index (χ1) is 7.24. The van der Waals surface area contributed by atoms with E-state index in [9.17, 15) is 0 Å². The van der Waals surface area contributed by atoms with E-state index in [4.69, 9.17) is 19.9 Å². The molecule has 0 saturated carbocycles. The van der Waals surface area contributed by atoms with Crippen molar-refractivity contribution >= 4 is 0 Å². The molecule has 3 atom stereocenters. The van der Waals surface area contributed by atoms with Gasteiger partial charge in [0.25, 0.3) is 0 Å². The number of hydrogen-bond donors (Lipinski definition) is 1. The van der Waals surface area contributed by atoms with Gasteiger partial charge in [0, 0.05) is 12.5 Å². The molecule has 4 heteroatoms. The fraction of sp³-hybridized carbons (Fsp3) is 1.00. The van der Waals surface area contributed by atoms with E-state index in [1.165, 1.54) is 0 Å². The SMILES string of the molecule is CC1(C2CCCOC2)OCC(CCN)O1. The van der Waals surface area contributed by atoms with Crippen molar-refractivity contribution in [2.24, 2.45) is 11.7 Å². The molecule has 0 aromatic carbocycles. The van der Waals surface area contributed by atoms with Crippen molar-refractivity contribution in [1.82, 2.24) is 0 Å². The van der Waals surface area contributed by atoms with E-state index in [-0.39, 0.29) is 6.10 Å². The highest BCUT2D eigenvalue weighted by molar-refractivity contribution is 4.83. The zero-order valence-corrected chi connectivity index (χ0v) is 9.41. The molecule has 0 amide bonds. The van der Waals surface area contributed by atoms with E-state index in [1.54, 1.807) is 0 Å². The molecule has 15 heavy (non-hydrogen) atoms. The van der Waals surface area contributed by atoms with Crippen LogP contribution in [0.1, 0.15) is 26.2 Å². The Bertz CT molecular complexity index is 206. The van der Waals surface area contributed by atoms with E-state index in [0.29, 0.717) is 19.1 Å². The van der Waals surface area contributed by atoms with Gasteiger partial charge in [-0.2, -0.15) is 0 Å². The van der Waals surface area contributed by atoms with E-state index in [2.05, 4.69) is 0 Å². The molecular weight excluding hydrogens is 194 g/mol. The van der Waals surface area contributed by atoms with Crippen LogP contribution in [0, 0.1) is 5.92 Å². The van der Waals surface area contributed by atoms with Crippen LogP contribution in [0.5, 0.6) is 0 Å². The monoisotopic (exact) mass is 215 g/mol. The summed E-state index contributed by atoms with van der Waals surface area (Å²) in [5, 5.41) is 0. The van der Waals surface area contributed by atoms with Crippen LogP contribution in [0.15, 0.2) is 0 Å². The first-order valence-electron chi connectivity index (χ1n) is 5.84. The molecule has 2 fully saturated rings. The highest BCUT2D eigenvalue weighted by Gasteiger charge is 2.44. The number of rotatable bonds is 3. The average Bonchev–Trinajstić information content (AvgIpc) is 2.64. The quantitative estimate of drug-likeness (QED) is 0.759. The van der Waals surface area contributed by atoms with Crippen LogP contribution in [0.3, 0.4) is 0 Å². The molecule has 3 unspecified atom stereocenters. The molecule has 2 heterocycles. The summed E-state index contributed by atoms with van der Waals surface area (Å²) < 4.78 is 17.2. The number of nitrogens with two attached hydrogens (primary N) is 1. The van der Waals surface area contributed by atoms with Gasteiger partial charge in [-0.15, -0.1) is 0 Å². The summed E-state index contributed by atoms with van der Waals surface area (Å²) in [6.07, 6.45) is 3.28. The Morgan fingerprint density at radius 3 is 2.93 bits per heavy atom. The zero-order valence-electron chi connectivity index (χ0n) is 9.41. The van der Waals surface area contributed by atoms with Gasteiger partial charge in [-0.05, 0) is 32.7 Å². The standard InChI is InChI=1S/C11H21NO3/c1-11(9-3-2-6-13-7-9)14-8-10(15-11)4-5-12/h9-10H,2-8,12H2,1H3. The number of ether oxygens (including phenoxy) is 3. The van der Waals surface area contributed by atoms with Crippen LogP contribution in [0.4, 0.5) is 0 Å². The summed E-state index contributed by atoms with van der Waals surface area (Å²) in [6, 6.07) is 0. The summed E-state index contributed by atoms with van der Waals surface area (Å²) >= 11 is 0. The summed E-state index contributed by atoms with van der Waals surface area (Å²) in [5.74, 6) is -0.0747. The highest BCUT2D eigenvalue weighted by Crippen LogP contribution is 2.36. The Kier molecular flexibility index (Phi) is 3.61. The van der Waals surface area contributed by atoms with Crippen LogP contribution < -0.4 is 5.73 Å². The largest absolute Gasteiger partial charge is 0.381 e. The minimum atomic E-state index is -0.444. The minimum absolute atomic E-state index is 0.168. The molecule has 88 valence electrons. The molecule has 0 aromatic heterocycles. The third kappa shape index (κ3) is 2.50. The van der Waals surface area contributed by atoms with Crippen LogP contribution in [-0.4, -0.2) is 38.3 Å². The van der Waals surface area contributed by atoms with E-state index in [0.717, 1.165) is 32.5 Å². The molecular formula is C11H21NO3. The Balaban J connectivity index is 1.89. The summed E-state index contributed by atoms with van der Waals surface area (Å²) in [5.41, 5.74) is 5.52. The lowest BCUT2D eigenvalue weighted by atomic mass is 9.94. The fourth-order valence-electron chi connectivity index (χ4n) is 2.35. The third-order valence-electron chi connectivity index (χ3n) is 3.35. The van der Waals surface area contributed by atoms with Crippen LogP contribution in [0.25, 0.3) is 0 Å². The Hall–Kier alpha value is -0.160. The van der Waals surface area contributed by atoms with Crippen LogP contribution in [-0.2, 0) is 14.2 Å². The lowest BCUT2D eigenvalue weighted by Gasteiger charge is -2.35. The van der Waals surface area contributed by atoms with Crippen molar-refractivity contribution in [3.63, 3.8) is 0 Å². The second-order valence-corrected chi connectivity index (χ2v) is 4.56. The maximum absolute atomic E-state index is 5.95. The molecule has 2 saturated heterocycles. The van der Waals surface area contributed by atoms with Gasteiger partial charge in [0.1, 0.15) is 0 Å². The molecule has 2 rings (SSSR count). The van der Waals surface area contributed by atoms with Gasteiger partial charge >= 0.3 is 0 Å². The van der Waals surface area contributed by atoms with Crippen LogP contribution >= 0.6 is 0 Å².